The Labute approximate surface area is 129 Å². The van der Waals surface area contributed by atoms with Gasteiger partial charge in [-0.2, -0.15) is 0 Å². The van der Waals surface area contributed by atoms with E-state index in [1.165, 1.54) is 11.3 Å². The first-order valence-corrected chi connectivity index (χ1v) is 8.17. The smallest absolute Gasteiger partial charge is 0.341 e. The van der Waals surface area contributed by atoms with Gasteiger partial charge < -0.3 is 15.8 Å². The van der Waals surface area contributed by atoms with Gasteiger partial charge in [-0.1, -0.05) is 12.8 Å². The Morgan fingerprint density at radius 1 is 1.29 bits per heavy atom. The Kier molecular flexibility index (Phi) is 8.00. The monoisotopic (exact) mass is 312 g/mol. The van der Waals surface area contributed by atoms with Crippen LogP contribution in [-0.4, -0.2) is 25.0 Å². The summed E-state index contributed by atoms with van der Waals surface area (Å²) in [5.41, 5.74) is 5.86. The van der Waals surface area contributed by atoms with Crippen LogP contribution < -0.4 is 11.1 Å². The highest BCUT2D eigenvalue weighted by Crippen LogP contribution is 2.28. The molecule has 0 aliphatic carbocycles. The summed E-state index contributed by atoms with van der Waals surface area (Å²) >= 11 is 1.39. The molecule has 0 bridgehead atoms. The molecule has 0 spiro atoms. The maximum Gasteiger partial charge on any atom is 0.341 e. The molecule has 6 heteroatoms. The van der Waals surface area contributed by atoms with Crippen LogP contribution in [0.5, 0.6) is 0 Å². The molecule has 1 heterocycles. The largest absolute Gasteiger partial charge is 0.462 e. The van der Waals surface area contributed by atoms with Crippen molar-refractivity contribution >= 4 is 28.2 Å². The SMILES string of the molecule is CCOC(=O)c1cc(C)sc1NC(=O)CCCCCCN. The molecule has 0 atom stereocenters. The number of ether oxygens (including phenoxy) is 1. The maximum atomic E-state index is 11.9. The second kappa shape index (κ2) is 9.52. The first-order valence-electron chi connectivity index (χ1n) is 7.36. The lowest BCUT2D eigenvalue weighted by atomic mass is 10.1. The molecule has 0 saturated heterocycles. The molecule has 0 aromatic carbocycles. The summed E-state index contributed by atoms with van der Waals surface area (Å²) < 4.78 is 4.99. The van der Waals surface area contributed by atoms with E-state index in [0.29, 0.717) is 30.1 Å². The summed E-state index contributed by atoms with van der Waals surface area (Å²) in [6.07, 6.45) is 4.35. The number of amides is 1. The van der Waals surface area contributed by atoms with Crippen molar-refractivity contribution in [1.29, 1.82) is 0 Å². The summed E-state index contributed by atoms with van der Waals surface area (Å²) in [6.45, 7) is 4.68. The lowest BCUT2D eigenvalue weighted by Gasteiger charge is -2.06. The molecule has 0 aliphatic heterocycles. The van der Waals surface area contributed by atoms with E-state index in [2.05, 4.69) is 5.32 Å². The molecule has 1 aromatic rings. The van der Waals surface area contributed by atoms with E-state index < -0.39 is 0 Å². The predicted molar refractivity (Wildman–Crippen MR) is 85.8 cm³/mol. The molecule has 1 amide bonds. The molecule has 1 aromatic heterocycles. The van der Waals surface area contributed by atoms with Gasteiger partial charge in [-0.15, -0.1) is 11.3 Å². The van der Waals surface area contributed by atoms with E-state index in [1.54, 1.807) is 13.0 Å². The number of unbranched alkanes of at least 4 members (excludes halogenated alkanes) is 3. The molecule has 0 aliphatic rings. The molecule has 0 radical (unpaired) electrons. The van der Waals surface area contributed by atoms with Gasteiger partial charge in [0.25, 0.3) is 0 Å². The van der Waals surface area contributed by atoms with Crippen molar-refractivity contribution < 1.29 is 14.3 Å². The molecule has 0 fully saturated rings. The number of esters is 1. The van der Waals surface area contributed by atoms with Crippen LogP contribution in [0.4, 0.5) is 5.00 Å². The zero-order valence-electron chi connectivity index (χ0n) is 12.7. The third-order valence-corrected chi connectivity index (χ3v) is 3.93. The quantitative estimate of drug-likeness (QED) is 0.542. The van der Waals surface area contributed by atoms with E-state index >= 15 is 0 Å². The van der Waals surface area contributed by atoms with Crippen molar-refractivity contribution in [2.75, 3.05) is 18.5 Å². The van der Waals surface area contributed by atoms with Gasteiger partial charge in [0, 0.05) is 11.3 Å². The molecule has 1 rings (SSSR count). The Balaban J connectivity index is 2.50. The summed E-state index contributed by atoms with van der Waals surface area (Å²) in [7, 11) is 0. The van der Waals surface area contributed by atoms with Gasteiger partial charge in [0.05, 0.1) is 12.2 Å². The van der Waals surface area contributed by atoms with Crippen LogP contribution in [0.25, 0.3) is 0 Å². The Morgan fingerprint density at radius 3 is 2.67 bits per heavy atom. The predicted octanol–water partition coefficient (Wildman–Crippen LogP) is 3.08. The summed E-state index contributed by atoms with van der Waals surface area (Å²) in [5.74, 6) is -0.449. The van der Waals surface area contributed by atoms with Gasteiger partial charge in [0.2, 0.25) is 5.91 Å². The van der Waals surface area contributed by atoms with Gasteiger partial charge in [0.15, 0.2) is 0 Å². The van der Waals surface area contributed by atoms with E-state index in [4.69, 9.17) is 10.5 Å². The number of thiophene rings is 1. The lowest BCUT2D eigenvalue weighted by molar-refractivity contribution is -0.116. The van der Waals surface area contributed by atoms with Crippen LogP contribution in [0.1, 0.15) is 54.3 Å². The number of nitrogens with two attached hydrogens (primary N) is 1. The standard InChI is InChI=1S/C15H24N2O3S/c1-3-20-15(19)12-10-11(2)21-14(12)17-13(18)8-6-4-5-7-9-16/h10H,3-9,16H2,1-2H3,(H,17,18). The minimum Gasteiger partial charge on any atom is -0.462 e. The third-order valence-electron chi connectivity index (χ3n) is 2.96. The minimum absolute atomic E-state index is 0.0600. The van der Waals surface area contributed by atoms with Crippen molar-refractivity contribution in [3.05, 3.63) is 16.5 Å². The minimum atomic E-state index is -0.389. The fraction of sp³-hybridized carbons (Fsp3) is 0.600. The fourth-order valence-corrected chi connectivity index (χ4v) is 2.86. The Bertz CT molecular complexity index is 471. The zero-order chi connectivity index (χ0) is 15.7. The molecule has 21 heavy (non-hydrogen) atoms. The van der Waals surface area contributed by atoms with Crippen molar-refractivity contribution in [2.45, 2.75) is 46.0 Å². The molecule has 0 unspecified atom stereocenters. The number of rotatable bonds is 9. The van der Waals surface area contributed by atoms with Crippen LogP contribution in [-0.2, 0) is 9.53 Å². The van der Waals surface area contributed by atoms with Gasteiger partial charge in [-0.25, -0.2) is 4.79 Å². The molecule has 118 valence electrons. The molecular formula is C15H24N2O3S. The van der Waals surface area contributed by atoms with E-state index in [-0.39, 0.29) is 11.9 Å². The topological polar surface area (TPSA) is 81.4 Å². The van der Waals surface area contributed by atoms with Crippen LogP contribution >= 0.6 is 11.3 Å². The van der Waals surface area contributed by atoms with E-state index in [9.17, 15) is 9.59 Å². The maximum absolute atomic E-state index is 11.9. The Morgan fingerprint density at radius 2 is 2.00 bits per heavy atom. The highest BCUT2D eigenvalue weighted by atomic mass is 32.1. The molecular weight excluding hydrogens is 288 g/mol. The molecule has 0 saturated carbocycles. The average molecular weight is 312 g/mol. The third kappa shape index (κ3) is 6.27. The van der Waals surface area contributed by atoms with Crippen molar-refractivity contribution in [3.63, 3.8) is 0 Å². The van der Waals surface area contributed by atoms with E-state index in [1.807, 2.05) is 6.92 Å². The number of aryl methyl sites for hydroxylation is 1. The van der Waals surface area contributed by atoms with Crippen molar-refractivity contribution in [3.8, 4) is 0 Å². The van der Waals surface area contributed by atoms with Crippen LogP contribution in [0.3, 0.4) is 0 Å². The van der Waals surface area contributed by atoms with Crippen LogP contribution in [0, 0.1) is 6.92 Å². The highest BCUT2D eigenvalue weighted by Gasteiger charge is 2.17. The average Bonchev–Trinajstić information content (AvgIpc) is 2.79. The number of nitrogens with one attached hydrogen (secondary N) is 1. The van der Waals surface area contributed by atoms with Crippen molar-refractivity contribution in [1.82, 2.24) is 0 Å². The van der Waals surface area contributed by atoms with Gasteiger partial charge in [-0.05, 0) is 39.3 Å². The summed E-state index contributed by atoms with van der Waals surface area (Å²) in [6, 6.07) is 1.75. The fourth-order valence-electron chi connectivity index (χ4n) is 1.94. The second-order valence-electron chi connectivity index (χ2n) is 4.82. The lowest BCUT2D eigenvalue weighted by Crippen LogP contribution is -2.13. The first-order chi connectivity index (χ1) is 10.1. The molecule has 5 nitrogen and oxygen atoms in total. The second-order valence-corrected chi connectivity index (χ2v) is 6.08. The van der Waals surface area contributed by atoms with Crippen LogP contribution in [0.15, 0.2) is 6.07 Å². The number of hydrogen-bond donors (Lipinski definition) is 2. The van der Waals surface area contributed by atoms with Crippen molar-refractivity contribution in [2.24, 2.45) is 5.73 Å². The normalized spacial score (nSPS) is 10.4. The zero-order valence-corrected chi connectivity index (χ0v) is 13.6. The van der Waals surface area contributed by atoms with Gasteiger partial charge in [0.1, 0.15) is 5.00 Å². The summed E-state index contributed by atoms with van der Waals surface area (Å²) in [4.78, 5) is 24.7. The van der Waals surface area contributed by atoms with Gasteiger partial charge in [-0.3, -0.25) is 4.79 Å². The summed E-state index contributed by atoms with van der Waals surface area (Å²) in [5, 5.41) is 3.40. The van der Waals surface area contributed by atoms with E-state index in [0.717, 1.165) is 30.6 Å². The highest BCUT2D eigenvalue weighted by molar-refractivity contribution is 7.16. The number of carbonyl (C=O) groups is 2. The van der Waals surface area contributed by atoms with Crippen LogP contribution in [0.2, 0.25) is 0 Å². The number of hydrogen-bond acceptors (Lipinski definition) is 5. The number of anilines is 1. The molecule has 3 N–H and O–H groups in total. The Hall–Kier alpha value is -1.40. The van der Waals surface area contributed by atoms with Gasteiger partial charge >= 0.3 is 5.97 Å². The number of carbonyl (C=O) groups excluding carboxylic acids is 2. The first kappa shape index (κ1) is 17.7.